The van der Waals surface area contributed by atoms with Gasteiger partial charge in [0.2, 0.25) is 0 Å². The van der Waals surface area contributed by atoms with E-state index < -0.39 is 54.0 Å². The molecule has 6 nitrogen and oxygen atoms in total. The van der Waals surface area contributed by atoms with Gasteiger partial charge in [-0.3, -0.25) is 9.59 Å². The van der Waals surface area contributed by atoms with E-state index in [4.69, 9.17) is 4.74 Å². The number of ether oxygens (including phenoxy) is 3. The third-order valence-electron chi connectivity index (χ3n) is 7.30. The van der Waals surface area contributed by atoms with E-state index in [1.807, 2.05) is 0 Å². The number of hydrogen-bond acceptors (Lipinski definition) is 6. The van der Waals surface area contributed by atoms with Crippen LogP contribution in [0.4, 0.5) is 17.6 Å². The van der Waals surface area contributed by atoms with Crippen molar-refractivity contribution in [1.29, 1.82) is 0 Å². The number of esters is 3. The van der Waals surface area contributed by atoms with Gasteiger partial charge in [-0.15, -0.1) is 0 Å². The molecule has 182 valence electrons. The molecule has 0 amide bonds. The first-order valence-electron chi connectivity index (χ1n) is 11.1. The molecule has 0 aliphatic heterocycles. The highest BCUT2D eigenvalue weighted by Gasteiger charge is 2.69. The van der Waals surface area contributed by atoms with Crippen LogP contribution in [0.3, 0.4) is 0 Å². The van der Waals surface area contributed by atoms with Crippen molar-refractivity contribution < 1.29 is 46.2 Å². The van der Waals surface area contributed by atoms with Crippen LogP contribution in [-0.2, 0) is 28.6 Å². The maximum Gasteiger partial charge on any atom is 0.478 e. The second-order valence-corrected chi connectivity index (χ2v) is 10.2. The SMILES string of the molecule is CCC(C)(C)C(=O)OCCOC(=O)C(F)(F)C(F)(F)OC(=O)C12CC3CC(CC(C3)C1)C2. The fraction of sp³-hybridized carbons (Fsp3) is 0.864. The zero-order valence-electron chi connectivity index (χ0n) is 18.6. The van der Waals surface area contributed by atoms with Crippen molar-refractivity contribution in [3.8, 4) is 0 Å². The van der Waals surface area contributed by atoms with Crippen LogP contribution in [0.1, 0.15) is 65.7 Å². The summed E-state index contributed by atoms with van der Waals surface area (Å²) in [5.41, 5.74) is -2.01. The predicted molar refractivity (Wildman–Crippen MR) is 103 cm³/mol. The van der Waals surface area contributed by atoms with Gasteiger partial charge in [0.1, 0.15) is 13.2 Å². The molecule has 4 aliphatic carbocycles. The lowest BCUT2D eigenvalue weighted by molar-refractivity contribution is -0.330. The minimum absolute atomic E-state index is 0.216. The number of rotatable bonds is 9. The summed E-state index contributed by atoms with van der Waals surface area (Å²) >= 11 is 0. The Bertz CT molecular complexity index is 728. The molecule has 0 aromatic carbocycles. The third kappa shape index (κ3) is 4.59. The van der Waals surface area contributed by atoms with Crippen molar-refractivity contribution >= 4 is 17.9 Å². The Labute approximate surface area is 184 Å². The summed E-state index contributed by atoms with van der Waals surface area (Å²) in [5.74, 6) is -9.29. The standard InChI is InChI=1S/C22H30F4O6/c1-4-19(2,3)16(27)30-5-6-31-18(29)21(23,24)22(25,26)32-17(28)20-10-13-7-14(11-20)9-15(8-13)12-20/h13-15H,4-12H2,1-3H3. The molecule has 32 heavy (non-hydrogen) atoms. The van der Waals surface area contributed by atoms with Crippen LogP contribution in [0.2, 0.25) is 0 Å². The Morgan fingerprint density at radius 1 is 0.844 bits per heavy atom. The smallest absolute Gasteiger partial charge is 0.462 e. The van der Waals surface area contributed by atoms with Crippen molar-refractivity contribution in [2.24, 2.45) is 28.6 Å². The van der Waals surface area contributed by atoms with Crippen LogP contribution in [0.25, 0.3) is 0 Å². The van der Waals surface area contributed by atoms with Crippen LogP contribution in [0, 0.1) is 28.6 Å². The van der Waals surface area contributed by atoms with Crippen LogP contribution in [-0.4, -0.2) is 43.2 Å². The van der Waals surface area contributed by atoms with Gasteiger partial charge < -0.3 is 14.2 Å². The van der Waals surface area contributed by atoms with Gasteiger partial charge in [0.25, 0.3) is 0 Å². The number of carbonyl (C=O) groups is 3. The van der Waals surface area contributed by atoms with Crippen molar-refractivity contribution in [3.63, 3.8) is 0 Å². The molecule has 0 aromatic heterocycles. The van der Waals surface area contributed by atoms with E-state index in [9.17, 15) is 31.9 Å². The molecule has 0 radical (unpaired) electrons. The summed E-state index contributed by atoms with van der Waals surface area (Å²) < 4.78 is 69.8. The summed E-state index contributed by atoms with van der Waals surface area (Å²) in [4.78, 5) is 36.0. The first-order valence-corrected chi connectivity index (χ1v) is 11.1. The van der Waals surface area contributed by atoms with Crippen LogP contribution >= 0.6 is 0 Å². The lowest BCUT2D eigenvalue weighted by Gasteiger charge is -2.55. The fourth-order valence-electron chi connectivity index (χ4n) is 5.47. The van der Waals surface area contributed by atoms with Gasteiger partial charge in [-0.1, -0.05) is 6.92 Å². The molecule has 0 aromatic rings. The van der Waals surface area contributed by atoms with Crippen LogP contribution in [0.5, 0.6) is 0 Å². The van der Waals surface area contributed by atoms with E-state index in [-0.39, 0.29) is 17.8 Å². The normalized spacial score (nSPS) is 29.5. The Balaban J connectivity index is 1.55. The summed E-state index contributed by atoms with van der Waals surface area (Å²) in [6.45, 7) is 3.55. The molecular weight excluding hydrogens is 436 g/mol. The highest BCUT2D eigenvalue weighted by Crippen LogP contribution is 2.61. The maximum atomic E-state index is 14.2. The molecule has 0 atom stereocenters. The zero-order valence-corrected chi connectivity index (χ0v) is 18.6. The number of halogens is 4. The second-order valence-electron chi connectivity index (χ2n) is 10.2. The van der Waals surface area contributed by atoms with E-state index in [1.54, 1.807) is 20.8 Å². The molecule has 10 heteroatoms. The average molecular weight is 466 g/mol. The quantitative estimate of drug-likeness (QED) is 0.216. The first kappa shape index (κ1) is 24.8. The van der Waals surface area contributed by atoms with Gasteiger partial charge in [0.05, 0.1) is 10.8 Å². The zero-order chi connectivity index (χ0) is 23.9. The molecule has 0 unspecified atom stereocenters. The Kier molecular flexibility index (Phi) is 6.56. The van der Waals surface area contributed by atoms with Crippen LogP contribution in [0.15, 0.2) is 0 Å². The molecule has 0 N–H and O–H groups in total. The third-order valence-corrected chi connectivity index (χ3v) is 7.30. The topological polar surface area (TPSA) is 78.9 Å². The molecular formula is C22H30F4O6. The maximum absolute atomic E-state index is 14.2. The molecule has 4 bridgehead atoms. The van der Waals surface area contributed by atoms with Gasteiger partial charge in [0, 0.05) is 0 Å². The van der Waals surface area contributed by atoms with E-state index >= 15 is 0 Å². The molecule has 4 rings (SSSR count). The van der Waals surface area contributed by atoms with Crippen molar-refractivity contribution in [2.45, 2.75) is 77.7 Å². The predicted octanol–water partition coefficient (Wildman–Crippen LogP) is 4.50. The molecule has 0 heterocycles. The number of hydrogen-bond donors (Lipinski definition) is 0. The van der Waals surface area contributed by atoms with Crippen molar-refractivity contribution in [1.82, 2.24) is 0 Å². The fourth-order valence-corrected chi connectivity index (χ4v) is 5.47. The van der Waals surface area contributed by atoms with Gasteiger partial charge in [-0.05, 0) is 76.5 Å². The summed E-state index contributed by atoms with van der Waals surface area (Å²) in [6, 6.07) is 0. The molecule has 0 spiro atoms. The van der Waals surface area contributed by atoms with Crippen LogP contribution < -0.4 is 0 Å². The summed E-state index contributed by atoms with van der Waals surface area (Å²) in [7, 11) is 0. The lowest BCUT2D eigenvalue weighted by atomic mass is 9.49. The summed E-state index contributed by atoms with van der Waals surface area (Å²) in [6.07, 6.45) is -1.09. The van der Waals surface area contributed by atoms with Crippen molar-refractivity contribution in [3.05, 3.63) is 0 Å². The minimum Gasteiger partial charge on any atom is -0.462 e. The number of alkyl halides is 4. The van der Waals surface area contributed by atoms with E-state index in [0.717, 1.165) is 19.3 Å². The molecule has 0 saturated heterocycles. The first-order chi connectivity index (χ1) is 14.7. The van der Waals surface area contributed by atoms with Gasteiger partial charge >= 0.3 is 29.9 Å². The lowest BCUT2D eigenvalue weighted by Crippen LogP contribution is -2.56. The molecule has 4 fully saturated rings. The van der Waals surface area contributed by atoms with Crippen molar-refractivity contribution in [2.75, 3.05) is 13.2 Å². The van der Waals surface area contributed by atoms with Gasteiger partial charge in [-0.25, -0.2) is 4.79 Å². The highest BCUT2D eigenvalue weighted by molar-refractivity contribution is 5.81. The molecule has 4 saturated carbocycles. The average Bonchev–Trinajstić information content (AvgIpc) is 2.69. The van der Waals surface area contributed by atoms with E-state index in [2.05, 4.69) is 9.47 Å². The van der Waals surface area contributed by atoms with Gasteiger partial charge in [-0.2, -0.15) is 17.6 Å². The monoisotopic (exact) mass is 466 g/mol. The van der Waals surface area contributed by atoms with E-state index in [1.165, 1.54) is 0 Å². The summed E-state index contributed by atoms with van der Waals surface area (Å²) in [5, 5.41) is 0. The second kappa shape index (κ2) is 8.48. The van der Waals surface area contributed by atoms with Gasteiger partial charge in [0.15, 0.2) is 0 Å². The molecule has 4 aliphatic rings. The highest BCUT2D eigenvalue weighted by atomic mass is 19.3. The van der Waals surface area contributed by atoms with E-state index in [0.29, 0.717) is 25.7 Å². The Morgan fingerprint density at radius 3 is 1.72 bits per heavy atom. The Morgan fingerprint density at radius 2 is 1.28 bits per heavy atom. The number of carbonyl (C=O) groups excluding carboxylic acids is 3. The minimum atomic E-state index is -5.38. The largest absolute Gasteiger partial charge is 0.478 e. The Hall–Kier alpha value is -1.87.